The van der Waals surface area contributed by atoms with Gasteiger partial charge in [0.1, 0.15) is 5.75 Å². The van der Waals surface area contributed by atoms with E-state index in [1.54, 1.807) is 7.11 Å². The Morgan fingerprint density at radius 1 is 1.41 bits per heavy atom. The molecule has 17 heavy (non-hydrogen) atoms. The summed E-state index contributed by atoms with van der Waals surface area (Å²) in [5.74, 6) is 0.802. The first kappa shape index (κ1) is 13.7. The zero-order valence-corrected chi connectivity index (χ0v) is 10.9. The summed E-state index contributed by atoms with van der Waals surface area (Å²) in [6.45, 7) is 2.06. The lowest BCUT2D eigenvalue weighted by atomic mass is 10.2. The number of hydrogen-bond acceptors (Lipinski definition) is 3. The van der Waals surface area contributed by atoms with Crippen LogP contribution in [0.25, 0.3) is 0 Å². The van der Waals surface area contributed by atoms with E-state index in [1.807, 2.05) is 31.2 Å². The van der Waals surface area contributed by atoms with Crippen LogP contribution in [-0.2, 0) is 0 Å². The van der Waals surface area contributed by atoms with E-state index >= 15 is 0 Å². The van der Waals surface area contributed by atoms with Crippen LogP contribution in [0.2, 0.25) is 0 Å². The first-order valence-electron chi connectivity index (χ1n) is 5.52. The number of aliphatic hydroxyl groups excluding tert-OH is 1. The van der Waals surface area contributed by atoms with Gasteiger partial charge in [0.2, 0.25) is 0 Å². The fourth-order valence-electron chi connectivity index (χ4n) is 1.30. The molecule has 0 aliphatic carbocycles. The van der Waals surface area contributed by atoms with Gasteiger partial charge >= 0.3 is 0 Å². The number of benzene rings is 1. The molecule has 1 aromatic rings. The quantitative estimate of drug-likeness (QED) is 0.699. The Labute approximate surface area is 107 Å². The summed E-state index contributed by atoms with van der Waals surface area (Å²) in [6.07, 6.45) is 0.820. The molecule has 1 atom stereocenters. The first-order chi connectivity index (χ1) is 8.19. The summed E-state index contributed by atoms with van der Waals surface area (Å²) in [7, 11) is 1.63. The van der Waals surface area contributed by atoms with Gasteiger partial charge in [0, 0.05) is 5.69 Å². The van der Waals surface area contributed by atoms with E-state index in [0.29, 0.717) is 5.11 Å². The van der Waals surface area contributed by atoms with E-state index in [-0.39, 0.29) is 12.6 Å². The summed E-state index contributed by atoms with van der Waals surface area (Å²) in [6, 6.07) is 7.47. The molecule has 5 heteroatoms. The van der Waals surface area contributed by atoms with Gasteiger partial charge in [-0.1, -0.05) is 6.92 Å². The van der Waals surface area contributed by atoms with Crippen molar-refractivity contribution in [2.45, 2.75) is 19.4 Å². The van der Waals surface area contributed by atoms with Crippen molar-refractivity contribution in [3.8, 4) is 5.75 Å². The average Bonchev–Trinajstić information content (AvgIpc) is 2.37. The van der Waals surface area contributed by atoms with Crippen molar-refractivity contribution in [1.29, 1.82) is 0 Å². The summed E-state index contributed by atoms with van der Waals surface area (Å²) >= 11 is 5.14. The molecule has 1 aromatic carbocycles. The minimum absolute atomic E-state index is 0.00625. The highest BCUT2D eigenvalue weighted by molar-refractivity contribution is 7.80. The van der Waals surface area contributed by atoms with E-state index in [0.717, 1.165) is 17.9 Å². The predicted octanol–water partition coefficient (Wildman–Crippen LogP) is 1.75. The Hall–Kier alpha value is -1.33. The van der Waals surface area contributed by atoms with Gasteiger partial charge in [0.15, 0.2) is 5.11 Å². The van der Waals surface area contributed by atoms with Crippen molar-refractivity contribution in [3.05, 3.63) is 24.3 Å². The van der Waals surface area contributed by atoms with Crippen LogP contribution >= 0.6 is 12.2 Å². The minimum atomic E-state index is -0.00625. The molecular weight excluding hydrogens is 236 g/mol. The molecule has 0 aliphatic heterocycles. The van der Waals surface area contributed by atoms with Crippen molar-refractivity contribution in [1.82, 2.24) is 5.32 Å². The fourth-order valence-corrected chi connectivity index (χ4v) is 1.59. The number of methoxy groups -OCH3 is 1. The number of ether oxygens (including phenoxy) is 1. The smallest absolute Gasteiger partial charge is 0.171 e. The second kappa shape index (κ2) is 7.09. The van der Waals surface area contributed by atoms with Gasteiger partial charge in [-0.3, -0.25) is 0 Å². The molecule has 3 N–H and O–H groups in total. The lowest BCUT2D eigenvalue weighted by Gasteiger charge is -2.17. The summed E-state index contributed by atoms with van der Waals surface area (Å²) in [4.78, 5) is 0. The Morgan fingerprint density at radius 3 is 2.53 bits per heavy atom. The Kier molecular flexibility index (Phi) is 5.72. The molecule has 4 nitrogen and oxygen atoms in total. The van der Waals surface area contributed by atoms with Crippen molar-refractivity contribution in [3.63, 3.8) is 0 Å². The van der Waals surface area contributed by atoms with Crippen LogP contribution in [0.15, 0.2) is 24.3 Å². The van der Waals surface area contributed by atoms with Gasteiger partial charge < -0.3 is 20.5 Å². The third-order valence-electron chi connectivity index (χ3n) is 2.40. The van der Waals surface area contributed by atoms with E-state index < -0.39 is 0 Å². The molecular formula is C12H18N2O2S. The van der Waals surface area contributed by atoms with Gasteiger partial charge in [0.05, 0.1) is 19.8 Å². The molecule has 94 valence electrons. The molecule has 0 amide bonds. The van der Waals surface area contributed by atoms with Gasteiger partial charge in [0.25, 0.3) is 0 Å². The average molecular weight is 254 g/mol. The van der Waals surface area contributed by atoms with Gasteiger partial charge in [-0.15, -0.1) is 0 Å². The number of rotatable bonds is 5. The zero-order valence-electron chi connectivity index (χ0n) is 10.1. The molecule has 0 fully saturated rings. The highest BCUT2D eigenvalue weighted by atomic mass is 32.1. The number of anilines is 1. The van der Waals surface area contributed by atoms with Crippen LogP contribution in [0.5, 0.6) is 5.75 Å². The van der Waals surface area contributed by atoms with Crippen molar-refractivity contribution in [2.24, 2.45) is 0 Å². The summed E-state index contributed by atoms with van der Waals surface area (Å²) in [5, 5.41) is 15.6. The second-order valence-electron chi connectivity index (χ2n) is 3.61. The van der Waals surface area contributed by atoms with Crippen molar-refractivity contribution < 1.29 is 9.84 Å². The Morgan fingerprint density at radius 2 is 2.06 bits per heavy atom. The van der Waals surface area contributed by atoms with Crippen molar-refractivity contribution >= 4 is 23.0 Å². The molecule has 0 saturated heterocycles. The lowest BCUT2D eigenvalue weighted by Crippen LogP contribution is -2.39. The molecule has 0 spiro atoms. The molecule has 0 saturated carbocycles. The fraction of sp³-hybridized carbons (Fsp3) is 0.417. The molecule has 0 aromatic heterocycles. The maximum atomic E-state index is 9.04. The maximum absolute atomic E-state index is 9.04. The van der Waals surface area contributed by atoms with Crippen LogP contribution in [0, 0.1) is 0 Å². The second-order valence-corrected chi connectivity index (χ2v) is 4.02. The third-order valence-corrected chi connectivity index (χ3v) is 2.62. The van der Waals surface area contributed by atoms with Crippen molar-refractivity contribution in [2.75, 3.05) is 19.0 Å². The van der Waals surface area contributed by atoms with E-state index in [2.05, 4.69) is 10.6 Å². The summed E-state index contributed by atoms with van der Waals surface area (Å²) < 4.78 is 5.06. The van der Waals surface area contributed by atoms with E-state index in [9.17, 15) is 0 Å². The maximum Gasteiger partial charge on any atom is 0.171 e. The Bertz CT molecular complexity index is 350. The standard InChI is InChI=1S/C12H18N2O2S/c1-3-9(8-15)13-12(17)14-10-4-6-11(16-2)7-5-10/h4-7,9,15H,3,8H2,1-2H3,(H2,13,14,17)/t9-/m0/s1. The lowest BCUT2D eigenvalue weighted by molar-refractivity contribution is 0.253. The van der Waals surface area contributed by atoms with Gasteiger partial charge in [-0.05, 0) is 42.9 Å². The monoisotopic (exact) mass is 254 g/mol. The van der Waals surface area contributed by atoms with Crippen LogP contribution in [0.3, 0.4) is 0 Å². The van der Waals surface area contributed by atoms with Crippen LogP contribution in [-0.4, -0.2) is 30.0 Å². The Balaban J connectivity index is 2.49. The molecule has 0 unspecified atom stereocenters. The van der Waals surface area contributed by atoms with Crippen LogP contribution < -0.4 is 15.4 Å². The molecule has 0 radical (unpaired) electrons. The number of aliphatic hydroxyl groups is 1. The topological polar surface area (TPSA) is 53.5 Å². The van der Waals surface area contributed by atoms with Gasteiger partial charge in [-0.25, -0.2) is 0 Å². The number of hydrogen-bond donors (Lipinski definition) is 3. The number of thiocarbonyl (C=S) groups is 1. The van der Waals surface area contributed by atoms with Gasteiger partial charge in [-0.2, -0.15) is 0 Å². The third kappa shape index (κ3) is 4.58. The minimum Gasteiger partial charge on any atom is -0.497 e. The normalized spacial score (nSPS) is 11.7. The molecule has 0 aliphatic rings. The van der Waals surface area contributed by atoms with E-state index in [1.165, 1.54) is 0 Å². The first-order valence-corrected chi connectivity index (χ1v) is 5.92. The molecule has 0 bridgehead atoms. The van der Waals surface area contributed by atoms with Crippen LogP contribution in [0.4, 0.5) is 5.69 Å². The molecule has 1 rings (SSSR count). The number of nitrogens with one attached hydrogen (secondary N) is 2. The van der Waals surface area contributed by atoms with Crippen LogP contribution in [0.1, 0.15) is 13.3 Å². The highest BCUT2D eigenvalue weighted by Gasteiger charge is 2.05. The SMILES string of the molecule is CC[C@@H](CO)NC(=S)Nc1ccc(OC)cc1. The largest absolute Gasteiger partial charge is 0.497 e. The zero-order chi connectivity index (χ0) is 12.7. The highest BCUT2D eigenvalue weighted by Crippen LogP contribution is 2.14. The summed E-state index contributed by atoms with van der Waals surface area (Å²) in [5.41, 5.74) is 0.885. The molecule has 0 heterocycles. The van der Waals surface area contributed by atoms with E-state index in [4.69, 9.17) is 22.1 Å². The predicted molar refractivity (Wildman–Crippen MR) is 73.5 cm³/mol.